The van der Waals surface area contributed by atoms with Gasteiger partial charge in [-0.1, -0.05) is 6.92 Å². The van der Waals surface area contributed by atoms with E-state index >= 15 is 0 Å². The van der Waals surface area contributed by atoms with Gasteiger partial charge >= 0.3 is 5.97 Å². The van der Waals surface area contributed by atoms with E-state index in [-0.39, 0.29) is 11.3 Å². The van der Waals surface area contributed by atoms with E-state index in [0.29, 0.717) is 10.9 Å². The number of esters is 1. The second kappa shape index (κ2) is 5.91. The summed E-state index contributed by atoms with van der Waals surface area (Å²) in [6.07, 6.45) is 0.343. The Balaban J connectivity index is 3.06. The van der Waals surface area contributed by atoms with E-state index in [1.807, 2.05) is 0 Å². The Morgan fingerprint density at radius 3 is 2.59 bits per heavy atom. The number of ketones is 1. The minimum absolute atomic E-state index is 0.281. The van der Waals surface area contributed by atoms with Gasteiger partial charge in [0.05, 0.1) is 7.11 Å². The number of halogens is 2. The molecule has 0 amide bonds. The Morgan fingerprint density at radius 1 is 1.47 bits per heavy atom. The lowest BCUT2D eigenvalue weighted by atomic mass is 9.95. The predicted octanol–water partition coefficient (Wildman–Crippen LogP) is 2.97. The van der Waals surface area contributed by atoms with Crippen LogP contribution in [-0.2, 0) is 9.53 Å². The van der Waals surface area contributed by atoms with Crippen LogP contribution in [0.4, 0.5) is 4.39 Å². The van der Waals surface area contributed by atoms with Gasteiger partial charge in [0.2, 0.25) is 0 Å². The van der Waals surface area contributed by atoms with Gasteiger partial charge in [0.25, 0.3) is 0 Å². The normalized spacial score (nSPS) is 12.0. The van der Waals surface area contributed by atoms with Crippen LogP contribution in [0.25, 0.3) is 0 Å². The molecule has 0 heterocycles. The number of hydrogen-bond acceptors (Lipinski definition) is 3. The van der Waals surface area contributed by atoms with Crippen molar-refractivity contribution < 1.29 is 18.7 Å². The summed E-state index contributed by atoms with van der Waals surface area (Å²) < 4.78 is 17.8. The fourth-order valence-corrected chi connectivity index (χ4v) is 2.02. The molecule has 17 heavy (non-hydrogen) atoms. The average Bonchev–Trinajstić information content (AvgIpc) is 2.29. The van der Waals surface area contributed by atoms with Crippen molar-refractivity contribution in [2.24, 2.45) is 5.92 Å². The number of methoxy groups -OCH3 is 1. The molecular formula is C12H12BrFO3. The number of benzene rings is 1. The molecule has 0 bridgehead atoms. The average molecular weight is 303 g/mol. The molecular weight excluding hydrogens is 291 g/mol. The van der Waals surface area contributed by atoms with E-state index < -0.39 is 17.7 Å². The standard InChI is InChI=1S/C12H12BrFO3/c1-3-8(12(16)17-2)11(15)9-5-4-7(14)6-10(9)13/h4-6,8H,3H2,1-2H3. The molecule has 5 heteroatoms. The summed E-state index contributed by atoms with van der Waals surface area (Å²) in [5.41, 5.74) is 0.281. The zero-order valence-corrected chi connectivity index (χ0v) is 11.1. The first-order chi connectivity index (χ1) is 8.01. The Bertz CT molecular complexity index is 445. The van der Waals surface area contributed by atoms with Gasteiger partial charge in [-0.05, 0) is 40.5 Å². The minimum Gasteiger partial charge on any atom is -0.468 e. The second-order valence-electron chi connectivity index (χ2n) is 3.47. The van der Waals surface area contributed by atoms with Gasteiger partial charge in [0, 0.05) is 10.0 Å². The van der Waals surface area contributed by atoms with E-state index in [1.165, 1.54) is 25.3 Å². The van der Waals surface area contributed by atoms with E-state index in [9.17, 15) is 14.0 Å². The molecule has 0 aromatic heterocycles. The van der Waals surface area contributed by atoms with E-state index in [4.69, 9.17) is 0 Å². The van der Waals surface area contributed by atoms with Crippen molar-refractivity contribution in [3.05, 3.63) is 34.1 Å². The highest BCUT2D eigenvalue weighted by molar-refractivity contribution is 9.10. The molecule has 3 nitrogen and oxygen atoms in total. The molecule has 0 radical (unpaired) electrons. The maximum atomic E-state index is 12.9. The molecule has 0 spiro atoms. The first-order valence-electron chi connectivity index (χ1n) is 5.08. The van der Waals surface area contributed by atoms with Gasteiger partial charge in [-0.25, -0.2) is 4.39 Å². The van der Waals surface area contributed by atoms with Crippen LogP contribution in [-0.4, -0.2) is 18.9 Å². The monoisotopic (exact) mass is 302 g/mol. The van der Waals surface area contributed by atoms with Crippen molar-refractivity contribution in [3.63, 3.8) is 0 Å². The molecule has 0 aliphatic heterocycles. The fourth-order valence-electron chi connectivity index (χ4n) is 1.48. The maximum absolute atomic E-state index is 12.9. The van der Waals surface area contributed by atoms with Crippen LogP contribution in [0, 0.1) is 11.7 Å². The summed E-state index contributed by atoms with van der Waals surface area (Å²) in [4.78, 5) is 23.5. The molecule has 1 aromatic rings. The summed E-state index contributed by atoms with van der Waals surface area (Å²) in [6, 6.07) is 3.73. The number of carbonyl (C=O) groups excluding carboxylic acids is 2. The molecule has 0 aliphatic carbocycles. The smallest absolute Gasteiger partial charge is 0.316 e. The van der Waals surface area contributed by atoms with E-state index in [2.05, 4.69) is 20.7 Å². The lowest BCUT2D eigenvalue weighted by Gasteiger charge is -2.12. The molecule has 0 fully saturated rings. The van der Waals surface area contributed by atoms with E-state index in [1.54, 1.807) is 6.92 Å². The summed E-state index contributed by atoms with van der Waals surface area (Å²) in [6.45, 7) is 1.72. The quantitative estimate of drug-likeness (QED) is 0.488. The van der Waals surface area contributed by atoms with Crippen molar-refractivity contribution in [1.82, 2.24) is 0 Å². The first-order valence-corrected chi connectivity index (χ1v) is 5.87. The zero-order valence-electron chi connectivity index (χ0n) is 9.50. The van der Waals surface area contributed by atoms with Gasteiger partial charge in [0.15, 0.2) is 5.78 Å². The van der Waals surface area contributed by atoms with Crippen LogP contribution in [0.1, 0.15) is 23.7 Å². The topological polar surface area (TPSA) is 43.4 Å². The van der Waals surface area contributed by atoms with Gasteiger partial charge in [-0.2, -0.15) is 0 Å². The molecule has 92 valence electrons. The number of carbonyl (C=O) groups is 2. The summed E-state index contributed by atoms with van der Waals surface area (Å²) in [7, 11) is 1.23. The van der Waals surface area contributed by atoms with Crippen LogP contribution in [0.15, 0.2) is 22.7 Å². The summed E-state index contributed by atoms with van der Waals surface area (Å²) in [5, 5.41) is 0. The number of Topliss-reactive ketones (excluding diaryl/α,β-unsaturated/α-hetero) is 1. The molecule has 0 saturated carbocycles. The van der Waals surface area contributed by atoms with Crippen molar-refractivity contribution in [2.75, 3.05) is 7.11 Å². The summed E-state index contributed by atoms with van der Waals surface area (Å²) >= 11 is 3.10. The Morgan fingerprint density at radius 2 is 2.12 bits per heavy atom. The van der Waals surface area contributed by atoms with Crippen LogP contribution in [0.2, 0.25) is 0 Å². The summed E-state index contributed by atoms with van der Waals surface area (Å²) in [5.74, 6) is -2.23. The maximum Gasteiger partial charge on any atom is 0.316 e. The highest BCUT2D eigenvalue weighted by Crippen LogP contribution is 2.23. The molecule has 1 rings (SSSR count). The molecule has 1 aromatic carbocycles. The number of hydrogen-bond donors (Lipinski definition) is 0. The molecule has 0 saturated heterocycles. The van der Waals surface area contributed by atoms with Crippen molar-refractivity contribution in [2.45, 2.75) is 13.3 Å². The lowest BCUT2D eigenvalue weighted by Crippen LogP contribution is -2.25. The third-order valence-corrected chi connectivity index (χ3v) is 3.06. The van der Waals surface area contributed by atoms with Crippen LogP contribution >= 0.6 is 15.9 Å². The third kappa shape index (κ3) is 3.12. The molecule has 1 unspecified atom stereocenters. The second-order valence-corrected chi connectivity index (χ2v) is 4.33. The highest BCUT2D eigenvalue weighted by atomic mass is 79.9. The Kier molecular flexibility index (Phi) is 4.81. The zero-order chi connectivity index (χ0) is 13.0. The third-order valence-electron chi connectivity index (χ3n) is 2.41. The number of ether oxygens (including phenoxy) is 1. The van der Waals surface area contributed by atoms with Crippen molar-refractivity contribution >= 4 is 27.7 Å². The first kappa shape index (κ1) is 13.8. The number of rotatable bonds is 4. The van der Waals surface area contributed by atoms with Gasteiger partial charge in [0.1, 0.15) is 11.7 Å². The predicted molar refractivity (Wildman–Crippen MR) is 64.2 cm³/mol. The fraction of sp³-hybridized carbons (Fsp3) is 0.333. The SMILES string of the molecule is CCC(C(=O)OC)C(=O)c1ccc(F)cc1Br. The van der Waals surface area contributed by atoms with Gasteiger partial charge in [-0.15, -0.1) is 0 Å². The van der Waals surface area contributed by atoms with Crippen molar-refractivity contribution in [3.8, 4) is 0 Å². The largest absolute Gasteiger partial charge is 0.468 e. The minimum atomic E-state index is -0.846. The highest BCUT2D eigenvalue weighted by Gasteiger charge is 2.27. The Labute approximate surface area is 107 Å². The van der Waals surface area contributed by atoms with Gasteiger partial charge < -0.3 is 4.74 Å². The molecule has 0 N–H and O–H groups in total. The van der Waals surface area contributed by atoms with Crippen LogP contribution < -0.4 is 0 Å². The van der Waals surface area contributed by atoms with Gasteiger partial charge in [-0.3, -0.25) is 9.59 Å². The van der Waals surface area contributed by atoms with Crippen molar-refractivity contribution in [1.29, 1.82) is 0 Å². The Hall–Kier alpha value is -1.23. The van der Waals surface area contributed by atoms with E-state index in [0.717, 1.165) is 0 Å². The molecule has 1 atom stereocenters. The lowest BCUT2D eigenvalue weighted by molar-refractivity contribution is -0.143. The van der Waals surface area contributed by atoms with Crippen LogP contribution in [0.3, 0.4) is 0 Å². The van der Waals surface area contributed by atoms with Crippen LogP contribution in [0.5, 0.6) is 0 Å². The molecule has 0 aliphatic rings.